The fraction of sp³-hybridized carbons (Fsp3) is 0.818. The molecule has 1 aromatic heterocycles. The predicted molar refractivity (Wildman–Crippen MR) is 60.1 cm³/mol. The van der Waals surface area contributed by atoms with Gasteiger partial charge in [0.05, 0.1) is 5.60 Å². The molecule has 0 aromatic carbocycles. The molecule has 1 aromatic rings. The van der Waals surface area contributed by atoms with E-state index in [1.807, 2.05) is 0 Å². The van der Waals surface area contributed by atoms with Crippen LogP contribution < -0.4 is 5.32 Å². The van der Waals surface area contributed by atoms with Gasteiger partial charge >= 0.3 is 6.01 Å². The van der Waals surface area contributed by atoms with Gasteiger partial charge in [-0.25, -0.2) is 0 Å². The van der Waals surface area contributed by atoms with Crippen LogP contribution in [0.15, 0.2) is 4.52 Å². The molecule has 1 heterocycles. The summed E-state index contributed by atoms with van der Waals surface area (Å²) in [7, 11) is 0. The van der Waals surface area contributed by atoms with Crippen LogP contribution in [0.4, 0.5) is 6.01 Å². The second-order valence-corrected chi connectivity index (χ2v) is 4.91. The summed E-state index contributed by atoms with van der Waals surface area (Å²) in [6.07, 6.45) is 3.85. The number of hydrogen-bond donors (Lipinski definition) is 2. The summed E-state index contributed by atoms with van der Waals surface area (Å²) in [5.74, 6) is 1.33. The molecule has 16 heavy (non-hydrogen) atoms. The molecule has 0 bridgehead atoms. The first-order chi connectivity index (χ1) is 7.57. The third-order valence-corrected chi connectivity index (χ3v) is 3.30. The zero-order chi connectivity index (χ0) is 11.6. The summed E-state index contributed by atoms with van der Waals surface area (Å²) < 4.78 is 4.94. The average Bonchev–Trinajstić information content (AvgIpc) is 2.67. The molecule has 2 N–H and O–H groups in total. The van der Waals surface area contributed by atoms with E-state index in [9.17, 15) is 5.11 Å². The molecule has 1 aliphatic rings. The van der Waals surface area contributed by atoms with Crippen molar-refractivity contribution in [3.8, 4) is 0 Å². The molecule has 0 spiro atoms. The normalized spacial score (nSPS) is 30.3. The number of nitrogens with one attached hydrogen (secondary N) is 1. The van der Waals surface area contributed by atoms with Gasteiger partial charge < -0.3 is 14.9 Å². The summed E-state index contributed by atoms with van der Waals surface area (Å²) in [6, 6.07) is 0.393. The number of aromatic nitrogens is 2. The average molecular weight is 225 g/mol. The molecular weight excluding hydrogens is 206 g/mol. The molecule has 5 heteroatoms. The van der Waals surface area contributed by atoms with Crippen molar-refractivity contribution < 1.29 is 9.63 Å². The molecule has 2 rings (SSSR count). The van der Waals surface area contributed by atoms with E-state index < -0.39 is 5.60 Å². The molecule has 5 nitrogen and oxygen atoms in total. The zero-order valence-electron chi connectivity index (χ0n) is 9.86. The standard InChI is InChI=1S/C11H19N3O2/c1-8-3-5-11(15,6-4-8)7-12-10-13-9(2)14-16-10/h8,15H,3-7H2,1-2H3,(H,12,13,14). The Balaban J connectivity index is 1.85. The molecular formula is C11H19N3O2. The van der Waals surface area contributed by atoms with Crippen molar-refractivity contribution in [2.24, 2.45) is 5.92 Å². The molecule has 0 atom stereocenters. The van der Waals surface area contributed by atoms with Crippen molar-refractivity contribution >= 4 is 6.01 Å². The Hall–Kier alpha value is -1.10. The van der Waals surface area contributed by atoms with Gasteiger partial charge in [-0.15, -0.1) is 0 Å². The highest BCUT2D eigenvalue weighted by Gasteiger charge is 2.31. The van der Waals surface area contributed by atoms with Crippen molar-refractivity contribution in [2.45, 2.75) is 45.1 Å². The summed E-state index contributed by atoms with van der Waals surface area (Å²) in [5, 5.41) is 17.0. The number of hydrogen-bond acceptors (Lipinski definition) is 5. The molecule has 0 radical (unpaired) electrons. The number of rotatable bonds is 3. The topological polar surface area (TPSA) is 71.2 Å². The third kappa shape index (κ3) is 2.72. The van der Waals surface area contributed by atoms with Crippen LogP contribution in [0.5, 0.6) is 0 Å². The summed E-state index contributed by atoms with van der Waals surface area (Å²) in [4.78, 5) is 4.04. The molecule has 1 aliphatic carbocycles. The Morgan fingerprint density at radius 1 is 1.50 bits per heavy atom. The molecule has 0 aliphatic heterocycles. The smallest absolute Gasteiger partial charge is 0.321 e. The van der Waals surface area contributed by atoms with E-state index in [4.69, 9.17) is 4.52 Å². The minimum atomic E-state index is -0.616. The maximum absolute atomic E-state index is 10.3. The first kappa shape index (κ1) is 11.4. The van der Waals surface area contributed by atoms with E-state index in [0.29, 0.717) is 18.4 Å². The molecule has 0 saturated heterocycles. The van der Waals surface area contributed by atoms with Gasteiger partial charge in [0.2, 0.25) is 0 Å². The highest BCUT2D eigenvalue weighted by atomic mass is 16.5. The van der Waals surface area contributed by atoms with Crippen molar-refractivity contribution in [3.05, 3.63) is 5.82 Å². The largest absolute Gasteiger partial charge is 0.388 e. The number of aryl methyl sites for hydroxylation is 1. The summed E-state index contributed by atoms with van der Waals surface area (Å²) in [6.45, 7) is 4.49. The highest BCUT2D eigenvalue weighted by molar-refractivity contribution is 5.19. The quantitative estimate of drug-likeness (QED) is 0.819. The second kappa shape index (κ2) is 4.41. The zero-order valence-corrected chi connectivity index (χ0v) is 9.86. The van der Waals surface area contributed by atoms with Crippen LogP contribution in [-0.2, 0) is 0 Å². The maximum Gasteiger partial charge on any atom is 0.321 e. The van der Waals surface area contributed by atoms with Gasteiger partial charge in [-0.05, 0) is 38.5 Å². The van der Waals surface area contributed by atoms with Crippen LogP contribution in [0.2, 0.25) is 0 Å². The van der Waals surface area contributed by atoms with Crippen molar-refractivity contribution in [2.75, 3.05) is 11.9 Å². The van der Waals surface area contributed by atoms with Crippen LogP contribution in [0.3, 0.4) is 0 Å². The van der Waals surface area contributed by atoms with Gasteiger partial charge in [0.1, 0.15) is 0 Å². The van der Waals surface area contributed by atoms with E-state index in [1.165, 1.54) is 0 Å². The minimum absolute atomic E-state index is 0.393. The summed E-state index contributed by atoms with van der Waals surface area (Å²) in [5.41, 5.74) is -0.616. The number of aliphatic hydroxyl groups is 1. The molecule has 1 fully saturated rings. The van der Waals surface area contributed by atoms with E-state index >= 15 is 0 Å². The van der Waals surface area contributed by atoms with Gasteiger partial charge in [-0.3, -0.25) is 0 Å². The monoisotopic (exact) mass is 225 g/mol. The lowest BCUT2D eigenvalue weighted by Gasteiger charge is -2.34. The lowest BCUT2D eigenvalue weighted by molar-refractivity contribution is 0.00453. The van der Waals surface area contributed by atoms with Crippen LogP contribution in [-0.4, -0.2) is 27.4 Å². The van der Waals surface area contributed by atoms with Gasteiger partial charge in [-0.2, -0.15) is 4.98 Å². The molecule has 1 saturated carbocycles. The Kier molecular flexibility index (Phi) is 3.14. The Labute approximate surface area is 95.2 Å². The molecule has 0 unspecified atom stereocenters. The predicted octanol–water partition coefficient (Wildman–Crippen LogP) is 1.73. The van der Waals surface area contributed by atoms with Crippen molar-refractivity contribution in [1.82, 2.24) is 10.1 Å². The first-order valence-corrected chi connectivity index (χ1v) is 5.84. The minimum Gasteiger partial charge on any atom is -0.388 e. The Morgan fingerprint density at radius 2 is 2.19 bits per heavy atom. The van der Waals surface area contributed by atoms with Crippen molar-refractivity contribution in [1.29, 1.82) is 0 Å². The summed E-state index contributed by atoms with van der Waals surface area (Å²) >= 11 is 0. The van der Waals surface area contributed by atoms with E-state index in [2.05, 4.69) is 22.4 Å². The molecule has 0 amide bonds. The Bertz CT molecular complexity index is 343. The van der Waals surface area contributed by atoms with Crippen LogP contribution in [0.25, 0.3) is 0 Å². The van der Waals surface area contributed by atoms with Gasteiger partial charge in [0.25, 0.3) is 0 Å². The van der Waals surface area contributed by atoms with Gasteiger partial charge in [0.15, 0.2) is 5.82 Å². The van der Waals surface area contributed by atoms with E-state index in [-0.39, 0.29) is 0 Å². The Morgan fingerprint density at radius 3 is 2.75 bits per heavy atom. The van der Waals surface area contributed by atoms with E-state index in [1.54, 1.807) is 6.92 Å². The first-order valence-electron chi connectivity index (χ1n) is 5.84. The van der Waals surface area contributed by atoms with Crippen LogP contribution in [0, 0.1) is 12.8 Å². The third-order valence-electron chi connectivity index (χ3n) is 3.30. The van der Waals surface area contributed by atoms with Crippen LogP contribution in [0.1, 0.15) is 38.4 Å². The van der Waals surface area contributed by atoms with E-state index in [0.717, 1.165) is 31.6 Å². The maximum atomic E-state index is 10.3. The number of nitrogens with zero attached hydrogens (tertiary/aromatic N) is 2. The SMILES string of the molecule is Cc1noc(NCC2(O)CCC(C)CC2)n1. The molecule has 90 valence electrons. The fourth-order valence-electron chi connectivity index (χ4n) is 2.09. The second-order valence-electron chi connectivity index (χ2n) is 4.91. The van der Waals surface area contributed by atoms with Gasteiger partial charge in [0, 0.05) is 6.54 Å². The lowest BCUT2D eigenvalue weighted by Crippen LogP contribution is -2.40. The highest BCUT2D eigenvalue weighted by Crippen LogP contribution is 2.31. The van der Waals surface area contributed by atoms with Gasteiger partial charge in [-0.1, -0.05) is 12.1 Å². The van der Waals surface area contributed by atoms with Crippen molar-refractivity contribution in [3.63, 3.8) is 0 Å². The fourth-order valence-corrected chi connectivity index (χ4v) is 2.09. The lowest BCUT2D eigenvalue weighted by atomic mass is 9.79. The van der Waals surface area contributed by atoms with Crippen LogP contribution >= 0.6 is 0 Å². The number of anilines is 1.